The van der Waals surface area contributed by atoms with Gasteiger partial charge in [0, 0.05) is 12.5 Å². The van der Waals surface area contributed by atoms with Crippen molar-refractivity contribution in [2.75, 3.05) is 19.3 Å². The first-order chi connectivity index (χ1) is 13.3. The van der Waals surface area contributed by atoms with Crippen molar-refractivity contribution in [3.05, 3.63) is 12.2 Å². The van der Waals surface area contributed by atoms with Crippen LogP contribution in [0.15, 0.2) is 12.2 Å². The summed E-state index contributed by atoms with van der Waals surface area (Å²) in [5.41, 5.74) is 0. The standard InChI is InChI=1S/C18H34O2.C3H9NO3S.2Na/c1-2-3-4-5-6-7-8-9-10-11-12-13-14-15-16-17-18(19)20;1-4-2-3-8(5,6)7;;/h9-10H,2-8,11-17H2,1H3,(H,19,20);4H,2-3H2,1H3,(H,5,6,7);;/q;;2*+1/p-2/b10-9-;;;. The Hall–Kier alpha value is 1.08. The summed E-state index contributed by atoms with van der Waals surface area (Å²) in [5.74, 6) is -1.24. The van der Waals surface area contributed by atoms with Crippen molar-refractivity contribution in [2.24, 2.45) is 0 Å². The molecule has 6 nitrogen and oxygen atoms in total. The van der Waals surface area contributed by atoms with Gasteiger partial charge < -0.3 is 19.8 Å². The Morgan fingerprint density at radius 2 is 1.27 bits per heavy atom. The summed E-state index contributed by atoms with van der Waals surface area (Å²) in [6.07, 6.45) is 20.9. The van der Waals surface area contributed by atoms with Crippen LogP contribution in [-0.2, 0) is 14.9 Å². The normalized spacial score (nSPS) is 10.6. The first kappa shape index (κ1) is 38.3. The fourth-order valence-corrected chi connectivity index (χ4v) is 3.02. The molecule has 168 valence electrons. The van der Waals surface area contributed by atoms with E-state index >= 15 is 0 Å². The molecule has 1 N–H and O–H groups in total. The zero-order chi connectivity index (χ0) is 21.5. The van der Waals surface area contributed by atoms with Gasteiger partial charge in [0.05, 0.1) is 15.9 Å². The summed E-state index contributed by atoms with van der Waals surface area (Å²) in [6.45, 7) is 2.48. The van der Waals surface area contributed by atoms with Crippen LogP contribution in [0.2, 0.25) is 0 Å². The second-order valence-corrected chi connectivity index (χ2v) is 8.60. The summed E-state index contributed by atoms with van der Waals surface area (Å²) in [4.78, 5) is 10.2. The second-order valence-electron chi connectivity index (χ2n) is 7.07. The summed E-state index contributed by atoms with van der Waals surface area (Å²) < 4.78 is 29.4. The molecule has 0 aliphatic carbocycles. The van der Waals surface area contributed by atoms with Crippen LogP contribution in [0.25, 0.3) is 0 Å². The molecule has 0 fully saturated rings. The van der Waals surface area contributed by atoms with E-state index in [9.17, 15) is 22.9 Å². The molecule has 0 rings (SSSR count). The number of carbonyl (C=O) groups excluding carboxylic acids is 1. The van der Waals surface area contributed by atoms with Crippen molar-refractivity contribution < 1.29 is 82.0 Å². The van der Waals surface area contributed by atoms with E-state index in [0.717, 1.165) is 19.3 Å². The van der Waals surface area contributed by atoms with E-state index in [2.05, 4.69) is 24.4 Å². The van der Waals surface area contributed by atoms with Gasteiger partial charge in [-0.25, -0.2) is 8.42 Å². The Kier molecular flexibility index (Phi) is 38.4. The SMILES string of the molecule is CCCCCCCC/C=C\CCCCCCCC(=O)[O-].CNCCS(=O)(=O)[O-].[Na+].[Na+]. The van der Waals surface area contributed by atoms with E-state index in [1.165, 1.54) is 64.2 Å². The van der Waals surface area contributed by atoms with Crippen LogP contribution >= 0.6 is 0 Å². The fraction of sp³-hybridized carbons (Fsp3) is 0.857. The third-order valence-electron chi connectivity index (χ3n) is 4.24. The van der Waals surface area contributed by atoms with Gasteiger partial charge in [-0.15, -0.1) is 0 Å². The van der Waals surface area contributed by atoms with Gasteiger partial charge >= 0.3 is 59.1 Å². The Balaban J connectivity index is -0.000000288. The Morgan fingerprint density at radius 3 is 1.63 bits per heavy atom. The first-order valence-electron chi connectivity index (χ1n) is 10.8. The maximum Gasteiger partial charge on any atom is 1.00 e. The van der Waals surface area contributed by atoms with Gasteiger partial charge in [-0.05, 0) is 45.6 Å². The van der Waals surface area contributed by atoms with Crippen LogP contribution in [0.1, 0.15) is 96.8 Å². The van der Waals surface area contributed by atoms with E-state index in [1.807, 2.05) is 0 Å². The number of aliphatic carboxylic acids is 1. The molecule has 0 bridgehead atoms. The topological polar surface area (TPSA) is 109 Å². The Bertz CT molecular complexity index is 474. The fourth-order valence-electron chi connectivity index (χ4n) is 2.57. The van der Waals surface area contributed by atoms with E-state index in [1.54, 1.807) is 7.05 Å². The van der Waals surface area contributed by atoms with Crippen LogP contribution in [0.3, 0.4) is 0 Å². The molecule has 0 saturated heterocycles. The molecule has 0 aliphatic heterocycles. The number of hydrogen-bond donors (Lipinski definition) is 1. The van der Waals surface area contributed by atoms with E-state index in [0.29, 0.717) is 0 Å². The van der Waals surface area contributed by atoms with E-state index in [4.69, 9.17) is 0 Å². The molecule has 0 amide bonds. The van der Waals surface area contributed by atoms with Crippen molar-refractivity contribution in [3.8, 4) is 0 Å². The molecule has 30 heavy (non-hydrogen) atoms. The molecule has 0 aromatic carbocycles. The van der Waals surface area contributed by atoms with Crippen LogP contribution in [0.4, 0.5) is 0 Å². The van der Waals surface area contributed by atoms with Crippen molar-refractivity contribution in [3.63, 3.8) is 0 Å². The quantitative estimate of drug-likeness (QED) is 0.104. The number of allylic oxidation sites excluding steroid dienone is 2. The summed E-state index contributed by atoms with van der Waals surface area (Å²) in [7, 11) is -2.41. The number of carboxylic acid groups (broad SMARTS) is 1. The third kappa shape index (κ3) is 43.0. The molecule has 9 heteroatoms. The molecule has 0 atom stereocenters. The number of unbranched alkanes of at least 4 members (excludes halogenated alkanes) is 11. The third-order valence-corrected chi connectivity index (χ3v) is 4.95. The molecular weight excluding hydrogens is 424 g/mol. The van der Waals surface area contributed by atoms with Crippen LogP contribution in [0.5, 0.6) is 0 Å². The van der Waals surface area contributed by atoms with Crippen molar-refractivity contribution in [2.45, 2.75) is 96.8 Å². The van der Waals surface area contributed by atoms with Crippen molar-refractivity contribution in [1.29, 1.82) is 0 Å². The monoisotopic (exact) mass is 465 g/mol. The number of rotatable bonds is 18. The number of nitrogens with one attached hydrogen (secondary N) is 1. The minimum atomic E-state index is -4.00. The average Bonchev–Trinajstić information content (AvgIpc) is 2.63. The van der Waals surface area contributed by atoms with Crippen LogP contribution in [-0.4, -0.2) is 38.3 Å². The van der Waals surface area contributed by atoms with Gasteiger partial charge in [0.1, 0.15) is 0 Å². The maximum absolute atomic E-state index is 10.2. The summed E-state index contributed by atoms with van der Waals surface area (Å²) in [5, 5.41) is 12.8. The van der Waals surface area contributed by atoms with Crippen LogP contribution < -0.4 is 69.5 Å². The molecule has 0 aromatic heterocycles. The largest absolute Gasteiger partial charge is 1.00 e. The number of hydrogen-bond acceptors (Lipinski definition) is 6. The predicted octanol–water partition coefficient (Wildman–Crippen LogP) is -2.47. The average molecular weight is 466 g/mol. The molecule has 0 aliphatic rings. The van der Waals surface area contributed by atoms with Crippen molar-refractivity contribution in [1.82, 2.24) is 5.32 Å². The van der Waals surface area contributed by atoms with Gasteiger partial charge in [-0.2, -0.15) is 0 Å². The van der Waals surface area contributed by atoms with Crippen molar-refractivity contribution >= 4 is 16.1 Å². The molecule has 0 unspecified atom stereocenters. The number of carbonyl (C=O) groups is 1. The molecule has 0 heterocycles. The molecular formula is C21H41NNa2O5S. The molecule has 0 aromatic rings. The molecule has 0 spiro atoms. The summed E-state index contributed by atoms with van der Waals surface area (Å²) in [6, 6.07) is 0. The first-order valence-corrected chi connectivity index (χ1v) is 12.3. The Labute approximate surface area is 229 Å². The van der Waals surface area contributed by atoms with Gasteiger partial charge in [0.2, 0.25) is 0 Å². The van der Waals surface area contributed by atoms with E-state index < -0.39 is 16.1 Å². The minimum absolute atomic E-state index is 0. The van der Waals surface area contributed by atoms with Gasteiger partial charge in [-0.1, -0.05) is 70.4 Å². The maximum atomic E-state index is 10.2. The minimum Gasteiger partial charge on any atom is -0.748 e. The molecule has 0 saturated carbocycles. The molecule has 0 radical (unpaired) electrons. The zero-order valence-electron chi connectivity index (χ0n) is 19.9. The second kappa shape index (κ2) is 30.1. The zero-order valence-corrected chi connectivity index (χ0v) is 24.7. The predicted molar refractivity (Wildman–Crippen MR) is 113 cm³/mol. The van der Waals surface area contributed by atoms with Gasteiger partial charge in [-0.3, -0.25) is 0 Å². The van der Waals surface area contributed by atoms with Crippen LogP contribution in [0, 0.1) is 0 Å². The van der Waals surface area contributed by atoms with Gasteiger partial charge in [0.25, 0.3) is 0 Å². The smallest absolute Gasteiger partial charge is 0.748 e. The van der Waals surface area contributed by atoms with E-state index in [-0.39, 0.29) is 77.8 Å². The van der Waals surface area contributed by atoms with Gasteiger partial charge in [0.15, 0.2) is 0 Å². The Morgan fingerprint density at radius 1 is 0.833 bits per heavy atom. The number of carboxylic acids is 1. The summed E-state index contributed by atoms with van der Waals surface area (Å²) >= 11 is 0.